The molecule has 0 aliphatic carbocycles. The highest BCUT2D eigenvalue weighted by Crippen LogP contribution is 2.39. The van der Waals surface area contributed by atoms with Crippen molar-refractivity contribution in [1.29, 1.82) is 0 Å². The Labute approximate surface area is 201 Å². The van der Waals surface area contributed by atoms with E-state index in [0.29, 0.717) is 10.8 Å². The first-order chi connectivity index (χ1) is 15.9. The number of halogens is 1. The van der Waals surface area contributed by atoms with E-state index in [-0.39, 0.29) is 12.3 Å². The predicted molar refractivity (Wildman–Crippen MR) is 133 cm³/mol. The fraction of sp³-hybridized carbons (Fsp3) is 0.200. The quantitative estimate of drug-likeness (QED) is 0.403. The zero-order chi connectivity index (χ0) is 23.1. The number of hydrogen-bond acceptors (Lipinski definition) is 5. The first kappa shape index (κ1) is 21.6. The van der Waals surface area contributed by atoms with Crippen molar-refractivity contribution in [2.75, 3.05) is 5.32 Å². The lowest BCUT2D eigenvalue weighted by Gasteiger charge is -2.13. The molecule has 8 heteroatoms. The van der Waals surface area contributed by atoms with Crippen molar-refractivity contribution in [3.63, 3.8) is 0 Å². The minimum atomic E-state index is -0.486. The molecule has 1 aliphatic heterocycles. The molecule has 0 saturated heterocycles. The van der Waals surface area contributed by atoms with E-state index in [0.717, 1.165) is 38.9 Å². The number of nitrogens with zero attached hydrogens (tertiary/aromatic N) is 4. The van der Waals surface area contributed by atoms with Gasteiger partial charge in [0.2, 0.25) is 5.91 Å². The molecule has 1 amide bonds. The van der Waals surface area contributed by atoms with Gasteiger partial charge < -0.3 is 5.32 Å². The molecule has 1 aliphatic rings. The van der Waals surface area contributed by atoms with E-state index in [1.54, 1.807) is 11.3 Å². The van der Waals surface area contributed by atoms with Crippen LogP contribution in [0.4, 0.5) is 5.69 Å². The Morgan fingerprint density at radius 1 is 1.06 bits per heavy atom. The molecule has 0 saturated carbocycles. The number of carbonyl (C=O) groups excluding carboxylic acids is 1. The first-order valence-electron chi connectivity index (χ1n) is 10.6. The summed E-state index contributed by atoms with van der Waals surface area (Å²) in [5.41, 5.74) is 4.76. The standard InChI is InChI=1S/C25H22ClN5OS/c1-14-15(2)33-25-22(14)23(17-9-11-18(26)12-10-17)28-20(24-30-29-16(3)31(24)25)13-21(32)27-19-7-5-4-6-8-19/h4-12,20H,13H2,1-3H3,(H,27,32). The third-order valence-corrected chi connectivity index (χ3v) is 7.24. The Kier molecular flexibility index (Phi) is 5.60. The average molecular weight is 476 g/mol. The van der Waals surface area contributed by atoms with Gasteiger partial charge in [-0.1, -0.05) is 41.9 Å². The summed E-state index contributed by atoms with van der Waals surface area (Å²) in [5.74, 6) is 1.31. The van der Waals surface area contributed by atoms with E-state index in [1.165, 1.54) is 4.88 Å². The minimum absolute atomic E-state index is 0.129. The van der Waals surface area contributed by atoms with Gasteiger partial charge in [-0.2, -0.15) is 0 Å². The van der Waals surface area contributed by atoms with Crippen molar-refractivity contribution >= 4 is 40.2 Å². The third-order valence-electron chi connectivity index (χ3n) is 5.79. The summed E-state index contributed by atoms with van der Waals surface area (Å²) < 4.78 is 2.05. The Hall–Kier alpha value is -3.29. The van der Waals surface area contributed by atoms with Crippen LogP contribution < -0.4 is 5.32 Å². The monoisotopic (exact) mass is 475 g/mol. The van der Waals surface area contributed by atoms with Crippen LogP contribution in [0.25, 0.3) is 5.00 Å². The van der Waals surface area contributed by atoms with Crippen LogP contribution in [0.5, 0.6) is 0 Å². The number of hydrogen-bond donors (Lipinski definition) is 1. The maximum absolute atomic E-state index is 13.0. The summed E-state index contributed by atoms with van der Waals surface area (Å²) in [6, 6.07) is 16.6. The second-order valence-electron chi connectivity index (χ2n) is 8.02. The lowest BCUT2D eigenvalue weighted by molar-refractivity contribution is -0.116. The molecule has 0 fully saturated rings. The smallest absolute Gasteiger partial charge is 0.227 e. The van der Waals surface area contributed by atoms with Gasteiger partial charge in [-0.3, -0.25) is 14.4 Å². The molecule has 2 aromatic heterocycles. The summed E-state index contributed by atoms with van der Waals surface area (Å²) in [5, 5.41) is 13.4. The Morgan fingerprint density at radius 2 is 1.79 bits per heavy atom. The van der Waals surface area contributed by atoms with Crippen LogP contribution in [-0.2, 0) is 4.79 Å². The van der Waals surface area contributed by atoms with Gasteiger partial charge in [0, 0.05) is 26.7 Å². The summed E-state index contributed by atoms with van der Waals surface area (Å²) in [6.07, 6.45) is 0.150. The minimum Gasteiger partial charge on any atom is -0.326 e. The Bertz CT molecular complexity index is 1370. The normalized spacial score (nSPS) is 14.8. The van der Waals surface area contributed by atoms with Crippen LogP contribution in [0.2, 0.25) is 5.02 Å². The molecule has 1 atom stereocenters. The van der Waals surface area contributed by atoms with E-state index in [1.807, 2.05) is 66.1 Å². The molecule has 0 radical (unpaired) electrons. The van der Waals surface area contributed by atoms with Gasteiger partial charge in [-0.25, -0.2) is 0 Å². The number of benzene rings is 2. The van der Waals surface area contributed by atoms with Crippen LogP contribution in [-0.4, -0.2) is 26.4 Å². The lowest BCUT2D eigenvalue weighted by Crippen LogP contribution is -2.17. The van der Waals surface area contributed by atoms with Crippen LogP contribution in [0.1, 0.15) is 45.7 Å². The van der Waals surface area contributed by atoms with Gasteiger partial charge >= 0.3 is 0 Å². The van der Waals surface area contributed by atoms with Crippen molar-refractivity contribution in [1.82, 2.24) is 14.8 Å². The number of anilines is 1. The predicted octanol–water partition coefficient (Wildman–Crippen LogP) is 5.83. The average Bonchev–Trinajstić information content (AvgIpc) is 3.27. The number of aliphatic imine (C=N–C) groups is 1. The number of fused-ring (bicyclic) bond motifs is 3. The number of para-hydroxylation sites is 1. The highest BCUT2D eigenvalue weighted by atomic mass is 35.5. The van der Waals surface area contributed by atoms with Gasteiger partial charge in [0.15, 0.2) is 5.82 Å². The van der Waals surface area contributed by atoms with Crippen molar-refractivity contribution in [2.24, 2.45) is 4.99 Å². The lowest BCUT2D eigenvalue weighted by atomic mass is 9.99. The second-order valence-corrected chi connectivity index (χ2v) is 9.66. The molecule has 0 spiro atoms. The number of thiophene rings is 1. The molecule has 4 aromatic rings. The molecular formula is C25H22ClN5OS. The van der Waals surface area contributed by atoms with Crippen LogP contribution in [0.15, 0.2) is 59.6 Å². The van der Waals surface area contributed by atoms with E-state index in [9.17, 15) is 4.79 Å². The molecule has 33 heavy (non-hydrogen) atoms. The summed E-state index contributed by atoms with van der Waals surface area (Å²) >= 11 is 7.85. The van der Waals surface area contributed by atoms with Gasteiger partial charge in [-0.05, 0) is 50.6 Å². The second kappa shape index (κ2) is 8.57. The van der Waals surface area contributed by atoms with Crippen LogP contribution in [0, 0.1) is 20.8 Å². The molecule has 1 unspecified atom stereocenters. The molecule has 0 bridgehead atoms. The third kappa shape index (κ3) is 3.98. The van der Waals surface area contributed by atoms with Gasteiger partial charge in [0.05, 0.1) is 12.1 Å². The van der Waals surface area contributed by atoms with E-state index >= 15 is 0 Å². The summed E-state index contributed by atoms with van der Waals surface area (Å²) in [4.78, 5) is 19.3. The zero-order valence-electron chi connectivity index (χ0n) is 18.5. The highest BCUT2D eigenvalue weighted by Gasteiger charge is 2.32. The van der Waals surface area contributed by atoms with Crippen molar-refractivity contribution < 1.29 is 4.79 Å². The zero-order valence-corrected chi connectivity index (χ0v) is 20.0. The maximum atomic E-state index is 13.0. The van der Waals surface area contributed by atoms with E-state index in [4.69, 9.17) is 16.6 Å². The number of aryl methyl sites for hydroxylation is 2. The molecule has 3 heterocycles. The molecule has 166 valence electrons. The fourth-order valence-electron chi connectivity index (χ4n) is 4.04. The van der Waals surface area contributed by atoms with Crippen molar-refractivity contribution in [2.45, 2.75) is 33.2 Å². The fourth-order valence-corrected chi connectivity index (χ4v) is 5.38. The van der Waals surface area contributed by atoms with Crippen LogP contribution in [0.3, 0.4) is 0 Å². The van der Waals surface area contributed by atoms with Crippen molar-refractivity contribution in [3.8, 4) is 5.00 Å². The number of carbonyl (C=O) groups is 1. The van der Waals surface area contributed by atoms with E-state index < -0.39 is 6.04 Å². The number of aromatic nitrogens is 3. The summed E-state index contributed by atoms with van der Waals surface area (Å²) in [7, 11) is 0. The number of rotatable bonds is 4. The maximum Gasteiger partial charge on any atom is 0.227 e. The summed E-state index contributed by atoms with van der Waals surface area (Å²) in [6.45, 7) is 6.15. The van der Waals surface area contributed by atoms with Crippen LogP contribution >= 0.6 is 22.9 Å². The Morgan fingerprint density at radius 3 is 2.52 bits per heavy atom. The molecule has 2 aromatic carbocycles. The van der Waals surface area contributed by atoms with E-state index in [2.05, 4.69) is 29.4 Å². The SMILES string of the molecule is Cc1sc2c(c1C)C(c1ccc(Cl)cc1)=NC(CC(=O)Nc1ccccc1)c1nnc(C)n1-2. The van der Waals surface area contributed by atoms with Gasteiger partial charge in [0.1, 0.15) is 16.9 Å². The Balaban J connectivity index is 1.64. The largest absolute Gasteiger partial charge is 0.326 e. The van der Waals surface area contributed by atoms with Gasteiger partial charge in [0.25, 0.3) is 0 Å². The molecule has 6 nitrogen and oxygen atoms in total. The molecule has 1 N–H and O–H groups in total. The molecule has 5 rings (SSSR count). The first-order valence-corrected chi connectivity index (χ1v) is 11.8. The number of amides is 1. The topological polar surface area (TPSA) is 72.2 Å². The number of nitrogens with one attached hydrogen (secondary N) is 1. The molecular weight excluding hydrogens is 454 g/mol. The highest BCUT2D eigenvalue weighted by molar-refractivity contribution is 7.15. The van der Waals surface area contributed by atoms with Crippen molar-refractivity contribution in [3.05, 3.63) is 92.8 Å². The van der Waals surface area contributed by atoms with Gasteiger partial charge in [-0.15, -0.1) is 21.5 Å².